The minimum Gasteiger partial charge on any atom is -0.480 e. The van der Waals surface area contributed by atoms with E-state index in [1.54, 1.807) is 0 Å². The summed E-state index contributed by atoms with van der Waals surface area (Å²) in [6, 6.07) is 7.89. The fourth-order valence-electron chi connectivity index (χ4n) is 2.59. The summed E-state index contributed by atoms with van der Waals surface area (Å²) in [6.07, 6.45) is 0.675. The van der Waals surface area contributed by atoms with Crippen molar-refractivity contribution in [3.63, 3.8) is 0 Å². The van der Waals surface area contributed by atoms with E-state index in [9.17, 15) is 9.59 Å². The third kappa shape index (κ3) is 4.29. The van der Waals surface area contributed by atoms with Crippen LogP contribution in [-0.4, -0.2) is 55.3 Å². The van der Waals surface area contributed by atoms with E-state index in [0.29, 0.717) is 13.2 Å². The predicted octanol–water partition coefficient (Wildman–Crippen LogP) is 1.25. The number of rotatable bonds is 7. The highest BCUT2D eigenvalue weighted by molar-refractivity contribution is 5.81. The summed E-state index contributed by atoms with van der Waals surface area (Å²) in [6.45, 7) is 0.819. The number of carboxylic acid groups (broad SMARTS) is 1. The summed E-state index contributed by atoms with van der Waals surface area (Å²) in [5, 5.41) is 8.93. The molecule has 1 aromatic carbocycles. The number of carbonyl (C=O) groups excluding carboxylic acids is 1. The average molecular weight is 307 g/mol. The third-order valence-corrected chi connectivity index (χ3v) is 3.70. The Bertz CT molecular complexity index is 531. The van der Waals surface area contributed by atoms with Crippen molar-refractivity contribution in [1.29, 1.82) is 0 Å². The molecule has 1 aliphatic heterocycles. The van der Waals surface area contributed by atoms with Crippen molar-refractivity contribution < 1.29 is 24.2 Å². The lowest BCUT2D eigenvalue weighted by Crippen LogP contribution is -2.39. The second kappa shape index (κ2) is 7.91. The van der Waals surface area contributed by atoms with Crippen molar-refractivity contribution in [2.45, 2.75) is 18.9 Å². The van der Waals surface area contributed by atoms with Gasteiger partial charge in [0.25, 0.3) is 0 Å². The highest BCUT2D eigenvalue weighted by Crippen LogP contribution is 2.29. The highest BCUT2D eigenvalue weighted by Gasteiger charge is 2.26. The number of carboxylic acids is 1. The summed E-state index contributed by atoms with van der Waals surface area (Å²) in [4.78, 5) is 24.6. The molecule has 0 aliphatic carbocycles. The molecule has 22 heavy (non-hydrogen) atoms. The summed E-state index contributed by atoms with van der Waals surface area (Å²) >= 11 is 0. The van der Waals surface area contributed by atoms with Crippen molar-refractivity contribution in [1.82, 2.24) is 4.90 Å². The topological polar surface area (TPSA) is 76.1 Å². The third-order valence-electron chi connectivity index (χ3n) is 3.70. The number of ether oxygens (including phenoxy) is 2. The fraction of sp³-hybridized carbons (Fsp3) is 0.500. The van der Waals surface area contributed by atoms with Crippen LogP contribution in [0.4, 0.5) is 0 Å². The molecule has 0 saturated carbocycles. The van der Waals surface area contributed by atoms with Crippen molar-refractivity contribution in [2.75, 3.05) is 33.4 Å². The molecule has 1 heterocycles. The Balaban J connectivity index is 2.05. The number of nitrogens with zero attached hydrogens (tertiary/aromatic N) is 1. The standard InChI is InChI=1S/C16H21NO5/c1-21-9-7-17(11-16(19)20)15(18)10-14-13-5-3-2-4-12(13)6-8-22-14/h2-5,14H,6-11H2,1H3,(H,19,20)/t14-/m0/s1. The summed E-state index contributed by atoms with van der Waals surface area (Å²) < 4.78 is 10.6. The van der Waals surface area contributed by atoms with Crippen LogP contribution in [0, 0.1) is 0 Å². The summed E-state index contributed by atoms with van der Waals surface area (Å²) in [5.41, 5.74) is 2.21. The Morgan fingerprint density at radius 2 is 2.18 bits per heavy atom. The van der Waals surface area contributed by atoms with E-state index < -0.39 is 5.97 Å². The van der Waals surface area contributed by atoms with Crippen LogP contribution < -0.4 is 0 Å². The molecule has 1 aliphatic rings. The maximum absolute atomic E-state index is 12.4. The van der Waals surface area contributed by atoms with Crippen LogP contribution in [0.3, 0.4) is 0 Å². The van der Waals surface area contributed by atoms with Gasteiger partial charge in [-0.1, -0.05) is 24.3 Å². The second-order valence-electron chi connectivity index (χ2n) is 5.21. The number of aliphatic carboxylic acids is 1. The van der Waals surface area contributed by atoms with Gasteiger partial charge in [0.2, 0.25) is 5.91 Å². The van der Waals surface area contributed by atoms with Crippen LogP contribution in [0.1, 0.15) is 23.7 Å². The smallest absolute Gasteiger partial charge is 0.323 e. The van der Waals surface area contributed by atoms with E-state index in [1.165, 1.54) is 17.6 Å². The first-order valence-corrected chi connectivity index (χ1v) is 7.29. The molecule has 1 N–H and O–H groups in total. The minimum atomic E-state index is -1.03. The largest absolute Gasteiger partial charge is 0.480 e. The normalized spacial score (nSPS) is 16.9. The van der Waals surface area contributed by atoms with Crippen LogP contribution in [0.2, 0.25) is 0 Å². The van der Waals surface area contributed by atoms with Gasteiger partial charge in [-0.2, -0.15) is 0 Å². The molecule has 0 radical (unpaired) electrons. The monoisotopic (exact) mass is 307 g/mol. The molecular weight excluding hydrogens is 286 g/mol. The van der Waals surface area contributed by atoms with Gasteiger partial charge in [-0.15, -0.1) is 0 Å². The van der Waals surface area contributed by atoms with Crippen LogP contribution in [0.25, 0.3) is 0 Å². The Morgan fingerprint density at radius 1 is 1.41 bits per heavy atom. The first kappa shape index (κ1) is 16.5. The quantitative estimate of drug-likeness (QED) is 0.820. The Kier molecular flexibility index (Phi) is 5.91. The van der Waals surface area contributed by atoms with Crippen LogP contribution in [0.5, 0.6) is 0 Å². The number of fused-ring (bicyclic) bond motifs is 1. The Morgan fingerprint density at radius 3 is 2.91 bits per heavy atom. The molecule has 6 heteroatoms. The zero-order valence-electron chi connectivity index (χ0n) is 12.7. The number of hydrogen-bond donors (Lipinski definition) is 1. The molecule has 1 atom stereocenters. The van der Waals surface area contributed by atoms with Gasteiger partial charge < -0.3 is 19.5 Å². The van der Waals surface area contributed by atoms with Crippen molar-refractivity contribution in [3.8, 4) is 0 Å². The number of amides is 1. The van der Waals surface area contributed by atoms with Crippen LogP contribution >= 0.6 is 0 Å². The first-order valence-electron chi connectivity index (χ1n) is 7.29. The minimum absolute atomic E-state index is 0.147. The molecule has 0 saturated heterocycles. The lowest BCUT2D eigenvalue weighted by molar-refractivity contribution is -0.146. The second-order valence-corrected chi connectivity index (χ2v) is 5.21. The maximum atomic E-state index is 12.4. The molecular formula is C16H21NO5. The molecule has 1 amide bonds. The van der Waals surface area contributed by atoms with E-state index in [4.69, 9.17) is 14.6 Å². The van der Waals surface area contributed by atoms with Crippen LogP contribution in [-0.2, 0) is 25.5 Å². The average Bonchev–Trinajstić information content (AvgIpc) is 2.51. The molecule has 1 aromatic rings. The maximum Gasteiger partial charge on any atom is 0.323 e. The molecule has 0 fully saturated rings. The van der Waals surface area contributed by atoms with Gasteiger partial charge >= 0.3 is 5.97 Å². The molecule has 120 valence electrons. The SMILES string of the molecule is COCCN(CC(=O)O)C(=O)C[C@@H]1OCCc2ccccc21. The Hall–Kier alpha value is -1.92. The molecule has 0 unspecified atom stereocenters. The molecule has 0 bridgehead atoms. The first-order chi connectivity index (χ1) is 10.6. The molecule has 6 nitrogen and oxygen atoms in total. The van der Waals surface area contributed by atoms with Gasteiger partial charge in [0.05, 0.1) is 25.7 Å². The van der Waals surface area contributed by atoms with Crippen LogP contribution in [0.15, 0.2) is 24.3 Å². The van der Waals surface area contributed by atoms with Gasteiger partial charge in [0.15, 0.2) is 0 Å². The van der Waals surface area contributed by atoms with Gasteiger partial charge in [-0.05, 0) is 17.5 Å². The van der Waals surface area contributed by atoms with E-state index in [0.717, 1.165) is 12.0 Å². The van der Waals surface area contributed by atoms with Gasteiger partial charge in [0, 0.05) is 13.7 Å². The highest BCUT2D eigenvalue weighted by atomic mass is 16.5. The van der Waals surface area contributed by atoms with Gasteiger partial charge in [0.1, 0.15) is 6.54 Å². The van der Waals surface area contributed by atoms with E-state index in [2.05, 4.69) is 0 Å². The van der Waals surface area contributed by atoms with Crippen molar-refractivity contribution in [3.05, 3.63) is 35.4 Å². The fourth-order valence-corrected chi connectivity index (χ4v) is 2.59. The zero-order valence-corrected chi connectivity index (χ0v) is 12.7. The van der Waals surface area contributed by atoms with E-state index in [-0.39, 0.29) is 31.5 Å². The number of methoxy groups -OCH3 is 1. The summed E-state index contributed by atoms with van der Waals surface area (Å²) in [7, 11) is 1.52. The van der Waals surface area contributed by atoms with Gasteiger partial charge in [-0.3, -0.25) is 9.59 Å². The van der Waals surface area contributed by atoms with E-state index >= 15 is 0 Å². The zero-order chi connectivity index (χ0) is 15.9. The Labute approximate surface area is 129 Å². The number of benzene rings is 1. The lowest BCUT2D eigenvalue weighted by atomic mass is 9.95. The molecule has 0 spiro atoms. The lowest BCUT2D eigenvalue weighted by Gasteiger charge is -2.28. The summed E-state index contributed by atoms with van der Waals surface area (Å²) in [5.74, 6) is -1.27. The van der Waals surface area contributed by atoms with Crippen molar-refractivity contribution >= 4 is 11.9 Å². The van der Waals surface area contributed by atoms with E-state index in [1.807, 2.05) is 24.3 Å². The molecule has 2 rings (SSSR count). The predicted molar refractivity (Wildman–Crippen MR) is 79.5 cm³/mol. The number of carbonyl (C=O) groups is 2. The number of hydrogen-bond acceptors (Lipinski definition) is 4. The van der Waals surface area contributed by atoms with Gasteiger partial charge in [-0.25, -0.2) is 0 Å². The van der Waals surface area contributed by atoms with Crippen molar-refractivity contribution in [2.24, 2.45) is 0 Å². The molecule has 0 aromatic heterocycles.